The third kappa shape index (κ3) is 3.32. The van der Waals surface area contributed by atoms with E-state index in [1.807, 2.05) is 26.0 Å². The van der Waals surface area contributed by atoms with Crippen LogP contribution in [0.1, 0.15) is 22.7 Å². The highest BCUT2D eigenvalue weighted by Crippen LogP contribution is 2.34. The zero-order chi connectivity index (χ0) is 18.9. The number of carbonyl (C=O) groups excluding carboxylic acids is 1. The lowest BCUT2D eigenvalue weighted by Crippen LogP contribution is -2.52. The number of sulfonamides is 1. The van der Waals surface area contributed by atoms with Crippen LogP contribution in [0.5, 0.6) is 5.75 Å². The van der Waals surface area contributed by atoms with Crippen LogP contribution >= 0.6 is 0 Å². The largest absolute Gasteiger partial charge is 0.495 e. The van der Waals surface area contributed by atoms with Crippen molar-refractivity contribution in [3.63, 3.8) is 0 Å². The number of ether oxygens (including phenoxy) is 1. The van der Waals surface area contributed by atoms with Crippen LogP contribution in [-0.2, 0) is 14.8 Å². The summed E-state index contributed by atoms with van der Waals surface area (Å²) >= 11 is 0. The topological polar surface area (TPSA) is 75.7 Å². The molecule has 1 saturated heterocycles. The van der Waals surface area contributed by atoms with Gasteiger partial charge in [-0.1, -0.05) is 35.9 Å². The summed E-state index contributed by atoms with van der Waals surface area (Å²) < 4.78 is 33.3. The number of nitrogens with one attached hydrogen (secondary N) is 1. The zero-order valence-corrected chi connectivity index (χ0v) is 15.8. The molecule has 0 bridgehead atoms. The van der Waals surface area contributed by atoms with Crippen molar-refractivity contribution in [2.75, 3.05) is 20.2 Å². The molecular weight excluding hydrogens is 352 g/mol. The second-order valence-electron chi connectivity index (χ2n) is 6.37. The molecule has 1 unspecified atom stereocenters. The van der Waals surface area contributed by atoms with Crippen LogP contribution in [0.3, 0.4) is 0 Å². The summed E-state index contributed by atoms with van der Waals surface area (Å²) in [6, 6.07) is 11.4. The minimum Gasteiger partial charge on any atom is -0.495 e. The number of aryl methyl sites for hydroxylation is 2. The number of benzene rings is 2. The minimum absolute atomic E-state index is 0.0758. The highest BCUT2D eigenvalue weighted by molar-refractivity contribution is 7.89. The number of nitrogens with zero attached hydrogens (tertiary/aromatic N) is 1. The first kappa shape index (κ1) is 18.4. The summed E-state index contributed by atoms with van der Waals surface area (Å²) in [6.45, 7) is 4.23. The first-order chi connectivity index (χ1) is 12.3. The molecule has 2 aromatic rings. The van der Waals surface area contributed by atoms with Crippen LogP contribution < -0.4 is 10.1 Å². The number of hydrogen-bond acceptors (Lipinski definition) is 4. The highest BCUT2D eigenvalue weighted by atomic mass is 32.2. The Morgan fingerprint density at radius 2 is 1.73 bits per heavy atom. The lowest BCUT2D eigenvalue weighted by Gasteiger charge is -2.34. The van der Waals surface area contributed by atoms with Gasteiger partial charge in [0.25, 0.3) is 0 Å². The van der Waals surface area contributed by atoms with Crippen molar-refractivity contribution in [2.45, 2.75) is 24.8 Å². The van der Waals surface area contributed by atoms with E-state index in [0.717, 1.165) is 11.1 Å². The fourth-order valence-electron chi connectivity index (χ4n) is 3.08. The summed E-state index contributed by atoms with van der Waals surface area (Å²) in [7, 11) is -2.49. The molecule has 1 heterocycles. The maximum atomic E-state index is 13.4. The second kappa shape index (κ2) is 7.09. The lowest BCUT2D eigenvalue weighted by molar-refractivity contribution is -0.126. The van der Waals surface area contributed by atoms with Crippen molar-refractivity contribution in [1.29, 1.82) is 0 Å². The van der Waals surface area contributed by atoms with E-state index in [4.69, 9.17) is 4.74 Å². The van der Waals surface area contributed by atoms with Gasteiger partial charge >= 0.3 is 0 Å². The van der Waals surface area contributed by atoms with E-state index in [2.05, 4.69) is 5.32 Å². The summed E-state index contributed by atoms with van der Waals surface area (Å²) in [5.74, 6) is -0.0560. The molecule has 1 aliphatic rings. The SMILES string of the molecule is COc1ccc(C)cc1S(=O)(=O)N1CCNC(=O)C1c1ccc(C)cc1. The molecule has 0 aliphatic carbocycles. The third-order valence-corrected chi connectivity index (χ3v) is 6.35. The fraction of sp³-hybridized carbons (Fsp3) is 0.316. The molecule has 1 amide bonds. The van der Waals surface area contributed by atoms with E-state index in [-0.39, 0.29) is 29.6 Å². The minimum atomic E-state index is -3.92. The number of rotatable bonds is 4. The van der Waals surface area contributed by atoms with Crippen LogP contribution in [-0.4, -0.2) is 38.8 Å². The number of carbonyl (C=O) groups is 1. The smallest absolute Gasteiger partial charge is 0.247 e. The van der Waals surface area contributed by atoms with E-state index >= 15 is 0 Å². The maximum absolute atomic E-state index is 13.4. The molecule has 1 atom stereocenters. The Kier molecular flexibility index (Phi) is 5.02. The number of hydrogen-bond donors (Lipinski definition) is 1. The molecular formula is C19H22N2O4S. The van der Waals surface area contributed by atoms with Gasteiger partial charge in [-0.05, 0) is 37.1 Å². The molecule has 138 valence electrons. The maximum Gasteiger partial charge on any atom is 0.247 e. The molecule has 1 aliphatic heterocycles. The van der Waals surface area contributed by atoms with Crippen molar-refractivity contribution in [1.82, 2.24) is 9.62 Å². The van der Waals surface area contributed by atoms with Crippen molar-refractivity contribution < 1.29 is 17.9 Å². The van der Waals surface area contributed by atoms with Crippen molar-refractivity contribution >= 4 is 15.9 Å². The third-order valence-electron chi connectivity index (χ3n) is 4.47. The molecule has 0 saturated carbocycles. The molecule has 0 spiro atoms. The monoisotopic (exact) mass is 374 g/mol. The molecule has 7 heteroatoms. The number of piperazine rings is 1. The van der Waals surface area contributed by atoms with Gasteiger partial charge in [-0.15, -0.1) is 0 Å². The van der Waals surface area contributed by atoms with Crippen LogP contribution in [0.25, 0.3) is 0 Å². The van der Waals surface area contributed by atoms with Gasteiger partial charge in [0.05, 0.1) is 7.11 Å². The predicted molar refractivity (Wildman–Crippen MR) is 98.6 cm³/mol. The second-order valence-corrected chi connectivity index (χ2v) is 8.23. The summed E-state index contributed by atoms with van der Waals surface area (Å²) in [5, 5.41) is 2.76. The fourth-order valence-corrected chi connectivity index (χ4v) is 4.90. The van der Waals surface area contributed by atoms with Gasteiger partial charge in [0.2, 0.25) is 15.9 Å². The molecule has 0 radical (unpaired) electrons. The first-order valence-corrected chi connectivity index (χ1v) is 9.79. The van der Waals surface area contributed by atoms with E-state index in [1.165, 1.54) is 11.4 Å². The van der Waals surface area contributed by atoms with Crippen LogP contribution in [0, 0.1) is 13.8 Å². The molecule has 26 heavy (non-hydrogen) atoms. The van der Waals surface area contributed by atoms with Gasteiger partial charge in [-0.25, -0.2) is 8.42 Å². The quantitative estimate of drug-likeness (QED) is 0.890. The molecule has 2 aromatic carbocycles. The Labute approximate surface area is 153 Å². The predicted octanol–water partition coefficient (Wildman–Crippen LogP) is 2.17. The first-order valence-electron chi connectivity index (χ1n) is 8.35. The molecule has 3 rings (SSSR count). The average Bonchev–Trinajstić information content (AvgIpc) is 2.62. The van der Waals surface area contributed by atoms with Gasteiger partial charge in [-0.2, -0.15) is 4.31 Å². The Morgan fingerprint density at radius 3 is 2.38 bits per heavy atom. The Hall–Kier alpha value is -2.38. The zero-order valence-electron chi connectivity index (χ0n) is 15.0. The Bertz CT molecular complexity index is 923. The van der Waals surface area contributed by atoms with Crippen LogP contribution in [0.2, 0.25) is 0 Å². The van der Waals surface area contributed by atoms with Crippen molar-refractivity contribution in [3.8, 4) is 5.75 Å². The summed E-state index contributed by atoms with van der Waals surface area (Å²) in [6.07, 6.45) is 0. The van der Waals surface area contributed by atoms with E-state index in [0.29, 0.717) is 5.56 Å². The molecule has 1 fully saturated rings. The van der Waals surface area contributed by atoms with Crippen LogP contribution in [0.15, 0.2) is 47.4 Å². The van der Waals surface area contributed by atoms with Crippen molar-refractivity contribution in [3.05, 3.63) is 59.2 Å². The van der Waals surface area contributed by atoms with Crippen molar-refractivity contribution in [2.24, 2.45) is 0 Å². The summed E-state index contributed by atoms with van der Waals surface area (Å²) in [4.78, 5) is 12.6. The molecule has 6 nitrogen and oxygen atoms in total. The van der Waals surface area contributed by atoms with E-state index in [9.17, 15) is 13.2 Å². The van der Waals surface area contributed by atoms with Gasteiger partial charge in [-0.3, -0.25) is 4.79 Å². The standard InChI is InChI=1S/C19H22N2O4S/c1-13-4-7-15(8-5-13)18-19(22)20-10-11-21(18)26(23,24)17-12-14(2)6-9-16(17)25-3/h4-9,12,18H,10-11H2,1-3H3,(H,20,22). The Balaban J connectivity index is 2.11. The van der Waals surface area contributed by atoms with E-state index in [1.54, 1.807) is 30.3 Å². The average molecular weight is 374 g/mol. The highest BCUT2D eigenvalue weighted by Gasteiger charge is 2.40. The molecule has 1 N–H and O–H groups in total. The van der Waals surface area contributed by atoms with Crippen LogP contribution in [0.4, 0.5) is 0 Å². The lowest BCUT2D eigenvalue weighted by atomic mass is 10.0. The van der Waals surface area contributed by atoms with E-state index < -0.39 is 16.1 Å². The van der Waals surface area contributed by atoms with Gasteiger partial charge in [0.1, 0.15) is 16.7 Å². The van der Waals surface area contributed by atoms with Gasteiger partial charge < -0.3 is 10.1 Å². The number of methoxy groups -OCH3 is 1. The summed E-state index contributed by atoms with van der Waals surface area (Å²) in [5.41, 5.74) is 2.49. The van der Waals surface area contributed by atoms with Gasteiger partial charge in [0.15, 0.2) is 0 Å². The Morgan fingerprint density at radius 1 is 1.08 bits per heavy atom. The van der Waals surface area contributed by atoms with Gasteiger partial charge in [0, 0.05) is 13.1 Å². The molecule has 0 aromatic heterocycles. The number of amides is 1. The normalized spacial score (nSPS) is 18.4.